The van der Waals surface area contributed by atoms with Crippen molar-refractivity contribution in [3.8, 4) is 0 Å². The quantitative estimate of drug-likeness (QED) is 0.738. The summed E-state index contributed by atoms with van der Waals surface area (Å²) in [6.07, 6.45) is 6.60. The molecule has 2 aromatic heterocycles. The van der Waals surface area contributed by atoms with E-state index in [1.807, 2.05) is 6.07 Å². The Labute approximate surface area is 181 Å². The van der Waals surface area contributed by atoms with Crippen molar-refractivity contribution in [3.63, 3.8) is 0 Å². The molecule has 0 bridgehead atoms. The highest BCUT2D eigenvalue weighted by Gasteiger charge is 2.33. The molecule has 1 atom stereocenters. The van der Waals surface area contributed by atoms with Gasteiger partial charge in [0.15, 0.2) is 0 Å². The Morgan fingerprint density at radius 1 is 1.29 bits per heavy atom. The average Bonchev–Trinajstić information content (AvgIpc) is 2.79. The molecule has 0 spiro atoms. The van der Waals surface area contributed by atoms with Crippen LogP contribution < -0.4 is 5.56 Å². The molecule has 1 amide bonds. The molecule has 2 aromatic rings. The topological polar surface area (TPSA) is 116 Å². The molecule has 2 aliphatic rings. The van der Waals surface area contributed by atoms with Gasteiger partial charge in [0.25, 0.3) is 5.56 Å². The van der Waals surface area contributed by atoms with Gasteiger partial charge in [-0.1, -0.05) is 6.07 Å². The van der Waals surface area contributed by atoms with Crippen LogP contribution in [-0.4, -0.2) is 57.3 Å². The second-order valence-corrected chi connectivity index (χ2v) is 10.3. The van der Waals surface area contributed by atoms with E-state index in [0.29, 0.717) is 36.6 Å². The Balaban J connectivity index is 1.59. The maximum atomic E-state index is 13.0. The number of nitrogens with zero attached hydrogens (tertiary/aromatic N) is 4. The summed E-state index contributed by atoms with van der Waals surface area (Å²) >= 11 is 0. The summed E-state index contributed by atoms with van der Waals surface area (Å²) in [5.74, 6) is 0.482. The molecule has 1 N–H and O–H groups in total. The van der Waals surface area contributed by atoms with E-state index in [1.165, 1.54) is 4.31 Å². The normalized spacial score (nSPS) is 19.8. The van der Waals surface area contributed by atoms with Crippen molar-refractivity contribution in [2.75, 3.05) is 18.8 Å². The molecule has 2 aliphatic heterocycles. The second kappa shape index (κ2) is 8.88. The minimum atomic E-state index is -3.37. The third-order valence-electron chi connectivity index (χ3n) is 6.03. The van der Waals surface area contributed by atoms with Gasteiger partial charge in [-0.2, -0.15) is 4.31 Å². The van der Waals surface area contributed by atoms with Gasteiger partial charge in [-0.05, 0) is 37.8 Å². The highest BCUT2D eigenvalue weighted by atomic mass is 32.2. The van der Waals surface area contributed by atoms with Crippen LogP contribution in [0.4, 0.5) is 0 Å². The number of aromatic nitrogens is 3. The smallest absolute Gasteiger partial charge is 0.255 e. The van der Waals surface area contributed by atoms with Gasteiger partial charge in [0.2, 0.25) is 15.9 Å². The van der Waals surface area contributed by atoms with Crippen molar-refractivity contribution in [3.05, 3.63) is 57.5 Å². The number of aromatic amines is 1. The lowest BCUT2D eigenvalue weighted by molar-refractivity contribution is -0.134. The van der Waals surface area contributed by atoms with Crippen LogP contribution in [-0.2, 0) is 34.2 Å². The Morgan fingerprint density at radius 2 is 2.13 bits per heavy atom. The summed E-state index contributed by atoms with van der Waals surface area (Å²) in [6.45, 7) is 2.57. The van der Waals surface area contributed by atoms with E-state index in [0.717, 1.165) is 24.8 Å². The van der Waals surface area contributed by atoms with Crippen molar-refractivity contribution in [1.29, 1.82) is 0 Å². The van der Waals surface area contributed by atoms with Crippen molar-refractivity contribution < 1.29 is 13.2 Å². The number of H-pyrrole nitrogens is 1. The summed E-state index contributed by atoms with van der Waals surface area (Å²) < 4.78 is 25.7. The van der Waals surface area contributed by atoms with Crippen LogP contribution in [0.1, 0.15) is 54.9 Å². The fraction of sp³-hybridized carbons (Fsp3) is 0.524. The van der Waals surface area contributed by atoms with E-state index >= 15 is 0 Å². The Hall–Kier alpha value is -2.59. The first-order chi connectivity index (χ1) is 14.9. The molecule has 10 heteroatoms. The molecular weight excluding hydrogens is 418 g/mol. The Morgan fingerprint density at radius 3 is 2.87 bits per heavy atom. The monoisotopic (exact) mass is 445 g/mol. The molecule has 0 aliphatic carbocycles. The second-order valence-electron chi connectivity index (χ2n) is 8.00. The van der Waals surface area contributed by atoms with E-state index in [1.54, 1.807) is 30.3 Å². The molecule has 9 nitrogen and oxygen atoms in total. The van der Waals surface area contributed by atoms with E-state index < -0.39 is 10.0 Å². The number of carbonyl (C=O) groups excluding carboxylic acids is 1. The van der Waals surface area contributed by atoms with Gasteiger partial charge < -0.3 is 9.88 Å². The molecule has 1 unspecified atom stereocenters. The number of carbonyl (C=O) groups is 1. The zero-order valence-corrected chi connectivity index (χ0v) is 18.4. The first kappa shape index (κ1) is 21.6. The molecule has 4 rings (SSSR count). The predicted molar refractivity (Wildman–Crippen MR) is 115 cm³/mol. The fourth-order valence-corrected chi connectivity index (χ4v) is 5.35. The third-order valence-corrected chi connectivity index (χ3v) is 7.86. The third kappa shape index (κ3) is 4.54. The predicted octanol–water partition coefficient (Wildman–Crippen LogP) is 1.17. The Kier molecular flexibility index (Phi) is 6.19. The van der Waals surface area contributed by atoms with Gasteiger partial charge in [-0.3, -0.25) is 14.6 Å². The molecule has 0 radical (unpaired) electrons. The average molecular weight is 446 g/mol. The van der Waals surface area contributed by atoms with Gasteiger partial charge in [0.1, 0.15) is 5.82 Å². The summed E-state index contributed by atoms with van der Waals surface area (Å²) in [7, 11) is -3.37. The number of fused-ring (bicyclic) bond motifs is 1. The minimum Gasteiger partial charge on any atom is -0.332 e. The number of rotatable bonds is 5. The number of nitrogens with one attached hydrogen (secondary N) is 1. The van der Waals surface area contributed by atoms with Crippen molar-refractivity contribution in [1.82, 2.24) is 24.2 Å². The highest BCUT2D eigenvalue weighted by molar-refractivity contribution is 7.89. The van der Waals surface area contributed by atoms with E-state index in [9.17, 15) is 18.0 Å². The lowest BCUT2D eigenvalue weighted by atomic mass is 9.99. The van der Waals surface area contributed by atoms with Crippen molar-refractivity contribution >= 4 is 15.9 Å². The number of piperidine rings is 1. The molecule has 1 saturated heterocycles. The van der Waals surface area contributed by atoms with Crippen LogP contribution in [0.5, 0.6) is 0 Å². The molecular formula is C21H27N5O4S. The minimum absolute atomic E-state index is 0.00182. The largest absolute Gasteiger partial charge is 0.332 e. The molecule has 166 valence electrons. The van der Waals surface area contributed by atoms with E-state index in [4.69, 9.17) is 4.98 Å². The highest BCUT2D eigenvalue weighted by Crippen LogP contribution is 2.30. The molecule has 31 heavy (non-hydrogen) atoms. The lowest BCUT2D eigenvalue weighted by Crippen LogP contribution is -2.43. The molecule has 0 aromatic carbocycles. The molecule has 0 saturated carbocycles. The first-order valence-electron chi connectivity index (χ1n) is 10.7. The standard InChI is InChI=1S/C21H27N5O4S/c1-2-31(29,30)25-11-8-17-16(14-25)21(28)24-20(23-17)18-7-3-4-10-26(18)19(27)12-15-6-5-9-22-13-15/h5-6,9,13,18H,2-4,7-8,10-12,14H2,1H3,(H,23,24,28). The van der Waals surface area contributed by atoms with E-state index in [2.05, 4.69) is 9.97 Å². The zero-order chi connectivity index (χ0) is 22.0. The van der Waals surface area contributed by atoms with Crippen molar-refractivity contribution in [2.24, 2.45) is 0 Å². The van der Waals surface area contributed by atoms with Gasteiger partial charge in [0, 0.05) is 38.4 Å². The van der Waals surface area contributed by atoms with Crippen LogP contribution in [0.15, 0.2) is 29.3 Å². The van der Waals surface area contributed by atoms with Crippen LogP contribution in [0, 0.1) is 0 Å². The van der Waals surface area contributed by atoms with Crippen LogP contribution in [0.2, 0.25) is 0 Å². The summed E-state index contributed by atoms with van der Waals surface area (Å²) in [4.78, 5) is 39.3. The zero-order valence-electron chi connectivity index (χ0n) is 17.6. The van der Waals surface area contributed by atoms with Gasteiger partial charge in [-0.15, -0.1) is 0 Å². The lowest BCUT2D eigenvalue weighted by Gasteiger charge is -2.36. The maximum Gasteiger partial charge on any atom is 0.255 e. The van der Waals surface area contributed by atoms with Crippen LogP contribution in [0.25, 0.3) is 0 Å². The van der Waals surface area contributed by atoms with Crippen molar-refractivity contribution in [2.45, 2.75) is 51.6 Å². The summed E-state index contributed by atoms with van der Waals surface area (Å²) in [5, 5.41) is 0. The number of pyridine rings is 1. The number of hydrogen-bond acceptors (Lipinski definition) is 6. The molecule has 4 heterocycles. The maximum absolute atomic E-state index is 13.0. The van der Waals surface area contributed by atoms with Crippen LogP contribution in [0.3, 0.4) is 0 Å². The SMILES string of the molecule is CCS(=O)(=O)N1CCc2nc(C3CCCCN3C(=O)Cc3cccnc3)[nH]c(=O)c2C1. The summed E-state index contributed by atoms with van der Waals surface area (Å²) in [5.41, 5.74) is 1.56. The molecule has 1 fully saturated rings. The van der Waals surface area contributed by atoms with E-state index in [-0.39, 0.29) is 36.2 Å². The number of sulfonamides is 1. The van der Waals surface area contributed by atoms with Gasteiger partial charge >= 0.3 is 0 Å². The Bertz CT molecular complexity index is 1120. The van der Waals surface area contributed by atoms with Gasteiger partial charge in [-0.25, -0.2) is 13.4 Å². The number of likely N-dealkylation sites (tertiary alicyclic amines) is 1. The van der Waals surface area contributed by atoms with Crippen LogP contribution >= 0.6 is 0 Å². The summed E-state index contributed by atoms with van der Waals surface area (Å²) in [6, 6.07) is 3.40. The first-order valence-corrected chi connectivity index (χ1v) is 12.3. The fourth-order valence-electron chi connectivity index (χ4n) is 4.29. The number of hydrogen-bond donors (Lipinski definition) is 1. The number of amides is 1. The van der Waals surface area contributed by atoms with Gasteiger partial charge in [0.05, 0.1) is 29.5 Å².